The fourth-order valence-corrected chi connectivity index (χ4v) is 3.43. The fraction of sp³-hybridized carbons (Fsp3) is 0.476. The van der Waals surface area contributed by atoms with E-state index in [0.29, 0.717) is 29.8 Å². The van der Waals surface area contributed by atoms with Crippen molar-refractivity contribution >= 4 is 39.6 Å². The number of benzene rings is 1. The molecule has 0 aromatic heterocycles. The second-order valence-corrected chi connectivity index (χ2v) is 9.95. The van der Waals surface area contributed by atoms with Crippen molar-refractivity contribution in [2.45, 2.75) is 51.0 Å². The molecule has 0 radical (unpaired) electrons. The third kappa shape index (κ3) is 8.15. The number of carbonyl (C=O) groups excluding carboxylic acids is 2. The molecule has 11 nitrogen and oxygen atoms in total. The van der Waals surface area contributed by atoms with Crippen LogP contribution < -0.4 is 16.2 Å². The predicted octanol–water partition coefficient (Wildman–Crippen LogP) is 1.80. The molecular formula is C21H31N5O6S. The summed E-state index contributed by atoms with van der Waals surface area (Å²) in [4.78, 5) is 34.6. The van der Waals surface area contributed by atoms with Gasteiger partial charge in [-0.05, 0) is 45.4 Å². The molecule has 0 bridgehead atoms. The van der Waals surface area contributed by atoms with Gasteiger partial charge in [0.2, 0.25) is 10.0 Å². The van der Waals surface area contributed by atoms with Gasteiger partial charge >= 0.3 is 6.09 Å². The summed E-state index contributed by atoms with van der Waals surface area (Å²) in [5.41, 5.74) is 6.50. The Hall–Kier alpha value is -2.96. The monoisotopic (exact) mass is 481 g/mol. The van der Waals surface area contributed by atoms with Crippen molar-refractivity contribution in [3.05, 3.63) is 29.3 Å². The maximum absolute atomic E-state index is 13.1. The van der Waals surface area contributed by atoms with Gasteiger partial charge in [-0.15, -0.1) is 0 Å². The highest BCUT2D eigenvalue weighted by Crippen LogP contribution is 2.29. The molecule has 0 atom stereocenters. The maximum atomic E-state index is 13.1. The average Bonchev–Trinajstić information content (AvgIpc) is 2.85. The van der Waals surface area contributed by atoms with Crippen molar-refractivity contribution in [2.75, 3.05) is 19.7 Å². The number of amides is 2. The van der Waals surface area contributed by atoms with E-state index in [-0.39, 0.29) is 30.3 Å². The molecule has 12 heteroatoms. The second-order valence-electron chi connectivity index (χ2n) is 8.38. The summed E-state index contributed by atoms with van der Waals surface area (Å²) in [6, 6.07) is 4.16. The standard InChI is InChI=1S/C21H31N5O6S/c1-5-9-26(31-10-8-24-20(28)32-21(2,3)4)19(27)15-11-14-6-7-16(33(23,29)30)13-17(14)25-18(22)12-15/h6-7,11,13H,5,8-10,12H2,1-4H3,(H2,22,25)(H,24,28)(H2,23,29,30). The first-order valence-electron chi connectivity index (χ1n) is 10.4. The van der Waals surface area contributed by atoms with Crippen molar-refractivity contribution < 1.29 is 27.6 Å². The number of hydroxylamine groups is 2. The number of sulfonamides is 1. The predicted molar refractivity (Wildman–Crippen MR) is 124 cm³/mol. The number of nitrogens with two attached hydrogens (primary N) is 2. The molecular weight excluding hydrogens is 450 g/mol. The Balaban J connectivity index is 2.13. The van der Waals surface area contributed by atoms with Crippen LogP contribution >= 0.6 is 0 Å². The van der Waals surface area contributed by atoms with Crippen molar-refractivity contribution in [3.63, 3.8) is 0 Å². The number of hydrogen-bond donors (Lipinski definition) is 3. The smallest absolute Gasteiger partial charge is 0.407 e. The molecule has 1 aromatic rings. The topological polar surface area (TPSA) is 166 Å². The highest BCUT2D eigenvalue weighted by atomic mass is 32.2. The zero-order chi connectivity index (χ0) is 24.8. The van der Waals surface area contributed by atoms with E-state index < -0.39 is 27.6 Å². The van der Waals surface area contributed by atoms with Crippen LogP contribution in [0.1, 0.15) is 46.1 Å². The molecule has 2 rings (SSSR count). The van der Waals surface area contributed by atoms with Gasteiger partial charge in [0.1, 0.15) is 11.4 Å². The van der Waals surface area contributed by atoms with Gasteiger partial charge < -0.3 is 15.8 Å². The van der Waals surface area contributed by atoms with Gasteiger partial charge in [0.15, 0.2) is 0 Å². The lowest BCUT2D eigenvalue weighted by Crippen LogP contribution is -2.38. The number of carbonyl (C=O) groups is 2. The van der Waals surface area contributed by atoms with E-state index in [0.717, 1.165) is 0 Å². The minimum atomic E-state index is -3.91. The number of aliphatic imine (C=N–C) groups is 1. The summed E-state index contributed by atoms with van der Waals surface area (Å²) in [5, 5.41) is 8.96. The SMILES string of the molecule is CCCN(OCCNC(=O)OC(C)(C)C)C(=O)C1=Cc2ccc(S(N)(=O)=O)cc2N=C(N)C1. The van der Waals surface area contributed by atoms with E-state index in [2.05, 4.69) is 10.3 Å². The number of primary sulfonamides is 1. The molecule has 182 valence electrons. The van der Waals surface area contributed by atoms with E-state index in [9.17, 15) is 18.0 Å². The number of fused-ring (bicyclic) bond motifs is 1. The third-order valence-corrected chi connectivity index (χ3v) is 5.15. The van der Waals surface area contributed by atoms with E-state index in [1.54, 1.807) is 26.8 Å². The van der Waals surface area contributed by atoms with Crippen LogP contribution in [0.25, 0.3) is 6.08 Å². The molecule has 0 unspecified atom stereocenters. The number of amidine groups is 1. The van der Waals surface area contributed by atoms with Gasteiger partial charge in [0.05, 0.1) is 17.2 Å². The first-order chi connectivity index (χ1) is 15.3. The lowest BCUT2D eigenvalue weighted by atomic mass is 10.1. The average molecular weight is 482 g/mol. The van der Waals surface area contributed by atoms with Gasteiger partial charge in [-0.3, -0.25) is 9.63 Å². The first kappa shape index (κ1) is 26.3. The van der Waals surface area contributed by atoms with E-state index in [4.69, 9.17) is 20.4 Å². The van der Waals surface area contributed by atoms with Gasteiger partial charge in [-0.1, -0.05) is 13.0 Å². The highest BCUT2D eigenvalue weighted by Gasteiger charge is 2.23. The Morgan fingerprint density at radius 2 is 1.97 bits per heavy atom. The minimum absolute atomic E-state index is 0.0517. The van der Waals surface area contributed by atoms with Crippen molar-refractivity contribution in [2.24, 2.45) is 15.9 Å². The molecule has 1 aliphatic rings. The molecule has 0 saturated carbocycles. The molecule has 1 aliphatic heterocycles. The van der Waals surface area contributed by atoms with Crippen LogP contribution in [0.3, 0.4) is 0 Å². The van der Waals surface area contributed by atoms with Gasteiger partial charge in [0, 0.05) is 30.6 Å². The number of nitrogens with zero attached hydrogens (tertiary/aromatic N) is 2. The number of alkyl carbamates (subject to hydrolysis) is 1. The normalized spacial score (nSPS) is 13.8. The Labute approximate surface area is 193 Å². The van der Waals surface area contributed by atoms with Gasteiger partial charge in [-0.2, -0.15) is 0 Å². The quantitative estimate of drug-likeness (QED) is 0.376. The summed E-state index contributed by atoms with van der Waals surface area (Å²) >= 11 is 0. The molecule has 1 heterocycles. The van der Waals surface area contributed by atoms with Crippen LogP contribution in [-0.4, -0.2) is 56.6 Å². The van der Waals surface area contributed by atoms with Crippen molar-refractivity contribution in [1.29, 1.82) is 0 Å². The van der Waals surface area contributed by atoms with Crippen molar-refractivity contribution in [3.8, 4) is 0 Å². The van der Waals surface area contributed by atoms with Gasteiger partial charge in [0.25, 0.3) is 5.91 Å². The van der Waals surface area contributed by atoms with Crippen LogP contribution in [0, 0.1) is 0 Å². The van der Waals surface area contributed by atoms with E-state index in [1.165, 1.54) is 23.3 Å². The highest BCUT2D eigenvalue weighted by molar-refractivity contribution is 7.89. The Kier molecular flexibility index (Phi) is 8.58. The minimum Gasteiger partial charge on any atom is -0.444 e. The van der Waals surface area contributed by atoms with Crippen LogP contribution in [-0.2, 0) is 24.4 Å². The second kappa shape index (κ2) is 10.8. The lowest BCUT2D eigenvalue weighted by molar-refractivity contribution is -0.181. The van der Waals surface area contributed by atoms with Crippen molar-refractivity contribution in [1.82, 2.24) is 10.4 Å². The molecule has 33 heavy (non-hydrogen) atoms. The zero-order valence-electron chi connectivity index (χ0n) is 19.3. The molecule has 2 amide bonds. The molecule has 0 aliphatic carbocycles. The van der Waals surface area contributed by atoms with E-state index >= 15 is 0 Å². The molecule has 1 aromatic carbocycles. The van der Waals surface area contributed by atoms with Crippen LogP contribution in [0.4, 0.5) is 10.5 Å². The summed E-state index contributed by atoms with van der Waals surface area (Å²) in [5.74, 6) is -0.265. The fourth-order valence-electron chi connectivity index (χ4n) is 2.90. The lowest BCUT2D eigenvalue weighted by Gasteiger charge is -2.23. The Bertz CT molecular complexity index is 1060. The summed E-state index contributed by atoms with van der Waals surface area (Å²) in [6.45, 7) is 7.68. The van der Waals surface area contributed by atoms with Crippen LogP contribution in [0.5, 0.6) is 0 Å². The number of ether oxygens (including phenoxy) is 1. The van der Waals surface area contributed by atoms with Crippen LogP contribution in [0.15, 0.2) is 33.7 Å². The molecule has 0 saturated heterocycles. The molecule has 0 fully saturated rings. The Morgan fingerprint density at radius 3 is 2.58 bits per heavy atom. The Morgan fingerprint density at radius 1 is 1.27 bits per heavy atom. The largest absolute Gasteiger partial charge is 0.444 e. The number of hydrogen-bond acceptors (Lipinski definition) is 8. The molecule has 5 N–H and O–H groups in total. The van der Waals surface area contributed by atoms with Crippen LogP contribution in [0.2, 0.25) is 0 Å². The zero-order valence-corrected chi connectivity index (χ0v) is 20.1. The van der Waals surface area contributed by atoms with E-state index in [1.807, 2.05) is 6.92 Å². The summed E-state index contributed by atoms with van der Waals surface area (Å²) < 4.78 is 28.4. The number of nitrogens with one attached hydrogen (secondary N) is 1. The van der Waals surface area contributed by atoms with Gasteiger partial charge in [-0.25, -0.2) is 28.4 Å². The number of rotatable bonds is 8. The first-order valence-corrected chi connectivity index (χ1v) is 12.0. The summed E-state index contributed by atoms with van der Waals surface area (Å²) in [7, 11) is -3.91. The summed E-state index contributed by atoms with van der Waals surface area (Å²) in [6.07, 6.45) is 1.71. The third-order valence-electron chi connectivity index (χ3n) is 4.24. The maximum Gasteiger partial charge on any atom is 0.407 e. The molecule has 0 spiro atoms.